The molecule has 0 aliphatic carbocycles. The van der Waals surface area contributed by atoms with Crippen LogP contribution in [-0.4, -0.2) is 23.7 Å². The van der Waals surface area contributed by atoms with E-state index in [-0.39, 0.29) is 26.2 Å². The average Bonchev–Trinajstić information content (AvgIpc) is 2.66. The molecule has 0 saturated heterocycles. The third kappa shape index (κ3) is 6.39. The van der Waals surface area contributed by atoms with Gasteiger partial charge < -0.3 is 14.6 Å². The fourth-order valence-corrected chi connectivity index (χ4v) is 2.29. The van der Waals surface area contributed by atoms with E-state index >= 15 is 0 Å². The van der Waals surface area contributed by atoms with Gasteiger partial charge in [-0.25, -0.2) is 0 Å². The number of benzene rings is 2. The molecule has 0 heterocycles. The number of rotatable bonds is 9. The maximum absolute atomic E-state index is 12.3. The molecule has 0 spiro atoms. The van der Waals surface area contributed by atoms with Crippen LogP contribution in [0.15, 0.2) is 60.7 Å². The van der Waals surface area contributed by atoms with Crippen molar-refractivity contribution < 1.29 is 24.2 Å². The van der Waals surface area contributed by atoms with Crippen LogP contribution in [0.25, 0.3) is 0 Å². The van der Waals surface area contributed by atoms with Gasteiger partial charge in [-0.3, -0.25) is 9.59 Å². The third-order valence-corrected chi connectivity index (χ3v) is 3.67. The second-order valence-corrected chi connectivity index (χ2v) is 5.61. The van der Waals surface area contributed by atoms with Crippen LogP contribution in [0.4, 0.5) is 0 Å². The summed E-state index contributed by atoms with van der Waals surface area (Å²) in [7, 11) is 0. The number of hydrogen-bond donors (Lipinski definition) is 1. The quantitative estimate of drug-likeness (QED) is 0.560. The maximum atomic E-state index is 12.3. The summed E-state index contributed by atoms with van der Waals surface area (Å²) < 4.78 is 10.5. The van der Waals surface area contributed by atoms with Crippen LogP contribution in [0.2, 0.25) is 0 Å². The summed E-state index contributed by atoms with van der Waals surface area (Å²) in [5.41, 5.74) is 1.68. The van der Waals surface area contributed by atoms with Crippen molar-refractivity contribution in [1.29, 1.82) is 0 Å². The van der Waals surface area contributed by atoms with Gasteiger partial charge in [0.15, 0.2) is 5.92 Å². The standard InChI is InChI=1S/C20H22O5/c21-13-7-12-18(19(22)24-14-16-8-3-1-4-9-16)20(23)25-15-17-10-5-2-6-11-17/h1-6,8-11,18,21H,7,12-15H2. The summed E-state index contributed by atoms with van der Waals surface area (Å²) in [4.78, 5) is 24.5. The van der Waals surface area contributed by atoms with Crippen LogP contribution in [0.5, 0.6) is 0 Å². The Bertz CT molecular complexity index is 599. The molecule has 0 bridgehead atoms. The second kappa shape index (κ2) is 10.3. The van der Waals surface area contributed by atoms with Gasteiger partial charge in [0.05, 0.1) is 0 Å². The van der Waals surface area contributed by atoms with Gasteiger partial charge >= 0.3 is 11.9 Å². The highest BCUT2D eigenvalue weighted by Gasteiger charge is 2.29. The first kappa shape index (κ1) is 18.7. The van der Waals surface area contributed by atoms with E-state index in [1.807, 2.05) is 60.7 Å². The number of esters is 2. The zero-order chi connectivity index (χ0) is 17.9. The highest BCUT2D eigenvalue weighted by atomic mass is 16.6. The molecule has 2 aromatic rings. The minimum atomic E-state index is -1.03. The monoisotopic (exact) mass is 342 g/mol. The molecule has 25 heavy (non-hydrogen) atoms. The third-order valence-electron chi connectivity index (χ3n) is 3.67. The average molecular weight is 342 g/mol. The first-order valence-electron chi connectivity index (χ1n) is 8.22. The first-order valence-corrected chi connectivity index (χ1v) is 8.22. The molecule has 0 fully saturated rings. The van der Waals surface area contributed by atoms with Crippen LogP contribution in [0.1, 0.15) is 24.0 Å². The molecule has 0 aromatic heterocycles. The van der Waals surface area contributed by atoms with Crippen molar-refractivity contribution in [1.82, 2.24) is 0 Å². The molecule has 5 heteroatoms. The predicted octanol–water partition coefficient (Wildman–Crippen LogP) is 2.86. The van der Waals surface area contributed by atoms with E-state index in [9.17, 15) is 9.59 Å². The molecule has 1 N–H and O–H groups in total. The van der Waals surface area contributed by atoms with Crippen molar-refractivity contribution in [3.63, 3.8) is 0 Å². The van der Waals surface area contributed by atoms with Gasteiger partial charge in [0.1, 0.15) is 13.2 Å². The predicted molar refractivity (Wildman–Crippen MR) is 92.3 cm³/mol. The van der Waals surface area contributed by atoms with Crippen molar-refractivity contribution in [2.75, 3.05) is 6.61 Å². The Morgan fingerprint density at radius 3 is 1.64 bits per heavy atom. The number of hydrogen-bond acceptors (Lipinski definition) is 5. The van der Waals surface area contributed by atoms with E-state index in [4.69, 9.17) is 14.6 Å². The molecule has 0 unspecified atom stereocenters. The van der Waals surface area contributed by atoms with Gasteiger partial charge in [-0.2, -0.15) is 0 Å². The first-order chi connectivity index (χ1) is 12.2. The molecular weight excluding hydrogens is 320 g/mol. The zero-order valence-corrected chi connectivity index (χ0v) is 14.0. The summed E-state index contributed by atoms with van der Waals surface area (Å²) in [6.07, 6.45) is 0.517. The molecule has 0 saturated carbocycles. The number of aliphatic hydroxyl groups is 1. The summed E-state index contributed by atoms with van der Waals surface area (Å²) in [6.45, 7) is 0.0942. The maximum Gasteiger partial charge on any atom is 0.320 e. The van der Waals surface area contributed by atoms with Gasteiger partial charge in [0, 0.05) is 6.61 Å². The van der Waals surface area contributed by atoms with Crippen LogP contribution in [-0.2, 0) is 32.3 Å². The SMILES string of the molecule is O=C(OCc1ccccc1)C(CCCO)C(=O)OCc1ccccc1. The van der Waals surface area contributed by atoms with Crippen molar-refractivity contribution in [2.45, 2.75) is 26.1 Å². The van der Waals surface area contributed by atoms with E-state index in [1.165, 1.54) is 0 Å². The lowest BCUT2D eigenvalue weighted by Gasteiger charge is -2.15. The summed E-state index contributed by atoms with van der Waals surface area (Å²) >= 11 is 0. The highest BCUT2D eigenvalue weighted by molar-refractivity contribution is 5.94. The van der Waals surface area contributed by atoms with Crippen LogP contribution < -0.4 is 0 Å². The Morgan fingerprint density at radius 2 is 1.24 bits per heavy atom. The minimum Gasteiger partial charge on any atom is -0.460 e. The van der Waals surface area contributed by atoms with Gasteiger partial charge in [-0.15, -0.1) is 0 Å². The molecule has 5 nitrogen and oxygen atoms in total. The number of aliphatic hydroxyl groups excluding tert-OH is 1. The number of carbonyl (C=O) groups excluding carboxylic acids is 2. The molecule has 0 atom stereocenters. The lowest BCUT2D eigenvalue weighted by molar-refractivity contribution is -0.164. The highest BCUT2D eigenvalue weighted by Crippen LogP contribution is 2.14. The van der Waals surface area contributed by atoms with E-state index < -0.39 is 17.9 Å². The Labute approximate surface area is 147 Å². The van der Waals surface area contributed by atoms with Crippen LogP contribution >= 0.6 is 0 Å². The second-order valence-electron chi connectivity index (χ2n) is 5.61. The van der Waals surface area contributed by atoms with Crippen molar-refractivity contribution in [3.05, 3.63) is 71.8 Å². The molecule has 0 aliphatic heterocycles. The van der Waals surface area contributed by atoms with Gasteiger partial charge in [-0.1, -0.05) is 60.7 Å². The molecule has 0 aliphatic rings. The number of carbonyl (C=O) groups is 2. The van der Waals surface area contributed by atoms with Gasteiger partial charge in [0.25, 0.3) is 0 Å². The lowest BCUT2D eigenvalue weighted by Crippen LogP contribution is -2.28. The van der Waals surface area contributed by atoms with E-state index in [1.54, 1.807) is 0 Å². The zero-order valence-electron chi connectivity index (χ0n) is 14.0. The smallest absolute Gasteiger partial charge is 0.320 e. The largest absolute Gasteiger partial charge is 0.460 e. The van der Waals surface area contributed by atoms with E-state index in [0.29, 0.717) is 6.42 Å². The molecule has 0 radical (unpaired) electrons. The fourth-order valence-electron chi connectivity index (χ4n) is 2.29. The van der Waals surface area contributed by atoms with Crippen molar-refractivity contribution >= 4 is 11.9 Å². The molecule has 2 aromatic carbocycles. The lowest BCUT2D eigenvalue weighted by atomic mass is 10.0. The normalized spacial score (nSPS) is 10.5. The minimum absolute atomic E-state index is 0.0985. The Hall–Kier alpha value is -2.66. The van der Waals surface area contributed by atoms with E-state index in [2.05, 4.69) is 0 Å². The molecule has 0 amide bonds. The van der Waals surface area contributed by atoms with Crippen LogP contribution in [0.3, 0.4) is 0 Å². The molecular formula is C20H22O5. The van der Waals surface area contributed by atoms with Crippen molar-refractivity contribution in [2.24, 2.45) is 5.92 Å². The van der Waals surface area contributed by atoms with Crippen LogP contribution in [0, 0.1) is 5.92 Å². The fraction of sp³-hybridized carbons (Fsp3) is 0.300. The Balaban J connectivity index is 1.91. The Morgan fingerprint density at radius 1 is 0.800 bits per heavy atom. The summed E-state index contributed by atoms with van der Waals surface area (Å²) in [5.74, 6) is -2.29. The Kier molecular flexibility index (Phi) is 7.66. The number of ether oxygens (including phenoxy) is 2. The molecule has 132 valence electrons. The summed E-state index contributed by atoms with van der Waals surface area (Å²) in [6, 6.07) is 18.5. The van der Waals surface area contributed by atoms with Gasteiger partial charge in [0.2, 0.25) is 0 Å². The topological polar surface area (TPSA) is 72.8 Å². The summed E-state index contributed by atoms with van der Waals surface area (Å²) in [5, 5.41) is 8.99. The van der Waals surface area contributed by atoms with E-state index in [0.717, 1.165) is 11.1 Å². The molecule has 2 rings (SSSR count). The van der Waals surface area contributed by atoms with Crippen molar-refractivity contribution in [3.8, 4) is 0 Å². The van der Waals surface area contributed by atoms with Gasteiger partial charge in [-0.05, 0) is 24.0 Å².